The Kier molecular flexibility index (Phi) is 2.55. The average molecular weight is 302 g/mol. The topological polar surface area (TPSA) is 56.0 Å². The second-order valence-electron chi connectivity index (χ2n) is 4.41. The van der Waals surface area contributed by atoms with Crippen molar-refractivity contribution in [1.82, 2.24) is 19.9 Å². The Morgan fingerprint density at radius 1 is 1.20 bits per heavy atom. The van der Waals surface area contributed by atoms with Crippen LogP contribution in [-0.2, 0) is 0 Å². The van der Waals surface area contributed by atoms with Gasteiger partial charge in [-0.3, -0.25) is 0 Å². The summed E-state index contributed by atoms with van der Waals surface area (Å²) in [6, 6.07) is 7.73. The van der Waals surface area contributed by atoms with Gasteiger partial charge in [-0.05, 0) is 36.9 Å². The molecule has 0 unspecified atom stereocenters. The zero-order valence-corrected chi connectivity index (χ0v) is 12.0. The predicted octanol–water partition coefficient (Wildman–Crippen LogP) is 3.13. The lowest BCUT2D eigenvalue weighted by Crippen LogP contribution is -1.92. The second-order valence-corrected chi connectivity index (χ2v) is 5.80. The lowest BCUT2D eigenvalue weighted by atomic mass is 10.2. The van der Waals surface area contributed by atoms with E-state index in [0.29, 0.717) is 10.2 Å². The van der Waals surface area contributed by atoms with Crippen LogP contribution in [0, 0.1) is 6.92 Å². The van der Waals surface area contributed by atoms with Gasteiger partial charge in [0.2, 0.25) is 5.16 Å². The molecule has 0 N–H and O–H groups in total. The smallest absolute Gasteiger partial charge is 0.218 e. The van der Waals surface area contributed by atoms with E-state index in [1.165, 1.54) is 11.8 Å². The van der Waals surface area contributed by atoms with E-state index in [0.717, 1.165) is 27.3 Å². The molecule has 20 heavy (non-hydrogen) atoms. The SMILES string of the molecule is Cc1nnc2n1N=Cc1cc3ccc(Cl)cc3nc1S2. The Labute approximate surface area is 123 Å². The van der Waals surface area contributed by atoms with Crippen molar-refractivity contribution in [3.05, 3.63) is 40.7 Å². The van der Waals surface area contributed by atoms with Crippen LogP contribution in [0.1, 0.15) is 11.4 Å². The van der Waals surface area contributed by atoms with E-state index in [2.05, 4.69) is 26.3 Å². The van der Waals surface area contributed by atoms with Gasteiger partial charge in [0.25, 0.3) is 0 Å². The number of halogens is 1. The van der Waals surface area contributed by atoms with Crippen LogP contribution in [0.3, 0.4) is 0 Å². The third-order valence-electron chi connectivity index (χ3n) is 3.04. The highest BCUT2D eigenvalue weighted by atomic mass is 35.5. The van der Waals surface area contributed by atoms with Crippen molar-refractivity contribution in [3.63, 3.8) is 0 Å². The van der Waals surface area contributed by atoms with Gasteiger partial charge >= 0.3 is 0 Å². The monoisotopic (exact) mass is 301 g/mol. The Morgan fingerprint density at radius 2 is 2.10 bits per heavy atom. The van der Waals surface area contributed by atoms with E-state index >= 15 is 0 Å². The number of fused-ring (bicyclic) bond motifs is 3. The summed E-state index contributed by atoms with van der Waals surface area (Å²) < 4.78 is 1.71. The molecular formula is C13H8ClN5S. The van der Waals surface area contributed by atoms with Crippen molar-refractivity contribution in [3.8, 4) is 0 Å². The zero-order valence-electron chi connectivity index (χ0n) is 10.4. The fourth-order valence-electron chi connectivity index (χ4n) is 2.05. The number of pyridine rings is 1. The Balaban J connectivity index is 1.95. The molecule has 0 bridgehead atoms. The van der Waals surface area contributed by atoms with Crippen LogP contribution in [-0.4, -0.2) is 26.1 Å². The maximum Gasteiger partial charge on any atom is 0.218 e. The molecule has 0 fully saturated rings. The first-order valence-corrected chi connectivity index (χ1v) is 7.15. The molecule has 1 aliphatic rings. The van der Waals surface area contributed by atoms with Crippen LogP contribution in [0.25, 0.3) is 10.9 Å². The summed E-state index contributed by atoms with van der Waals surface area (Å²) in [5, 5.41) is 15.8. The number of aryl methyl sites for hydroxylation is 1. The molecule has 0 saturated carbocycles. The van der Waals surface area contributed by atoms with E-state index in [1.807, 2.05) is 25.1 Å². The maximum absolute atomic E-state index is 6.02. The number of nitrogens with zero attached hydrogens (tertiary/aromatic N) is 5. The lowest BCUT2D eigenvalue weighted by molar-refractivity contribution is 0.746. The minimum absolute atomic E-state index is 0.677. The quantitative estimate of drug-likeness (QED) is 0.501. The van der Waals surface area contributed by atoms with Gasteiger partial charge in [0.15, 0.2) is 5.82 Å². The van der Waals surface area contributed by atoms with Gasteiger partial charge in [-0.15, -0.1) is 10.2 Å². The molecule has 0 aliphatic carbocycles. The Hall–Kier alpha value is -1.92. The molecule has 0 saturated heterocycles. The van der Waals surface area contributed by atoms with E-state index in [4.69, 9.17) is 11.6 Å². The van der Waals surface area contributed by atoms with E-state index < -0.39 is 0 Å². The Morgan fingerprint density at radius 3 is 3.00 bits per heavy atom. The van der Waals surface area contributed by atoms with Crippen LogP contribution in [0.4, 0.5) is 0 Å². The van der Waals surface area contributed by atoms with E-state index in [-0.39, 0.29) is 0 Å². The highest BCUT2D eigenvalue weighted by molar-refractivity contribution is 7.99. The third kappa shape index (κ3) is 1.80. The third-order valence-corrected chi connectivity index (χ3v) is 4.23. The molecule has 5 nitrogen and oxygen atoms in total. The summed E-state index contributed by atoms with van der Waals surface area (Å²) >= 11 is 7.47. The van der Waals surface area contributed by atoms with Gasteiger partial charge in [0.1, 0.15) is 5.03 Å². The average Bonchev–Trinajstić information content (AvgIpc) is 2.68. The number of hydrogen-bond donors (Lipinski definition) is 0. The summed E-state index contributed by atoms with van der Waals surface area (Å²) in [5.41, 5.74) is 1.83. The summed E-state index contributed by atoms with van der Waals surface area (Å²) in [7, 11) is 0. The second kappa shape index (κ2) is 4.29. The summed E-state index contributed by atoms with van der Waals surface area (Å²) in [6.45, 7) is 1.87. The number of rotatable bonds is 0. The highest BCUT2D eigenvalue weighted by Crippen LogP contribution is 2.32. The molecule has 0 radical (unpaired) electrons. The largest absolute Gasteiger partial charge is 0.240 e. The van der Waals surface area contributed by atoms with Crippen LogP contribution in [0.5, 0.6) is 0 Å². The molecular weight excluding hydrogens is 294 g/mol. The molecule has 0 atom stereocenters. The number of hydrogen-bond acceptors (Lipinski definition) is 5. The van der Waals surface area contributed by atoms with Crippen molar-refractivity contribution in [1.29, 1.82) is 0 Å². The molecule has 3 heterocycles. The molecule has 7 heteroatoms. The number of aromatic nitrogens is 4. The predicted molar refractivity (Wildman–Crippen MR) is 78.6 cm³/mol. The van der Waals surface area contributed by atoms with Crippen molar-refractivity contribution < 1.29 is 0 Å². The van der Waals surface area contributed by atoms with E-state index in [9.17, 15) is 0 Å². The van der Waals surface area contributed by atoms with Crippen molar-refractivity contribution in [2.75, 3.05) is 0 Å². The molecule has 1 aromatic carbocycles. The highest BCUT2D eigenvalue weighted by Gasteiger charge is 2.17. The summed E-state index contributed by atoms with van der Waals surface area (Å²) in [4.78, 5) is 4.65. The first kappa shape index (κ1) is 11.9. The summed E-state index contributed by atoms with van der Waals surface area (Å²) in [5.74, 6) is 0.754. The minimum atomic E-state index is 0.677. The van der Waals surface area contributed by atoms with Gasteiger partial charge in [0.05, 0.1) is 11.7 Å². The van der Waals surface area contributed by atoms with Crippen LogP contribution in [0.15, 0.2) is 39.5 Å². The minimum Gasteiger partial charge on any atom is -0.240 e. The molecule has 4 rings (SSSR count). The molecule has 1 aliphatic heterocycles. The fourth-order valence-corrected chi connectivity index (χ4v) is 3.11. The van der Waals surface area contributed by atoms with Crippen LogP contribution >= 0.6 is 23.4 Å². The molecule has 98 valence electrons. The maximum atomic E-state index is 6.02. The lowest BCUT2D eigenvalue weighted by Gasteiger charge is -2.04. The fraction of sp³-hybridized carbons (Fsp3) is 0.0769. The van der Waals surface area contributed by atoms with Crippen molar-refractivity contribution in [2.24, 2.45) is 5.10 Å². The van der Waals surface area contributed by atoms with Gasteiger partial charge < -0.3 is 0 Å². The first-order valence-electron chi connectivity index (χ1n) is 5.95. The van der Waals surface area contributed by atoms with Crippen molar-refractivity contribution >= 4 is 40.5 Å². The number of benzene rings is 1. The van der Waals surface area contributed by atoms with Gasteiger partial charge in [0, 0.05) is 16.0 Å². The molecule has 0 spiro atoms. The standard InChI is InChI=1S/C13H8ClN5S/c1-7-17-18-13-19(7)15-6-9-4-8-2-3-10(14)5-11(8)16-12(9)20-13/h2-6H,1H3. The molecule has 3 aromatic rings. The first-order chi connectivity index (χ1) is 9.70. The van der Waals surface area contributed by atoms with Gasteiger partial charge in [-0.2, -0.15) is 9.78 Å². The molecule has 2 aromatic heterocycles. The summed E-state index contributed by atoms with van der Waals surface area (Å²) in [6.07, 6.45) is 1.79. The van der Waals surface area contributed by atoms with Gasteiger partial charge in [-0.25, -0.2) is 4.98 Å². The normalized spacial score (nSPS) is 13.1. The van der Waals surface area contributed by atoms with E-state index in [1.54, 1.807) is 10.9 Å². The van der Waals surface area contributed by atoms with Crippen LogP contribution < -0.4 is 0 Å². The van der Waals surface area contributed by atoms with Crippen molar-refractivity contribution in [2.45, 2.75) is 17.1 Å². The molecule has 0 amide bonds. The van der Waals surface area contributed by atoms with Gasteiger partial charge in [-0.1, -0.05) is 17.7 Å². The zero-order chi connectivity index (χ0) is 13.7. The van der Waals surface area contributed by atoms with Crippen LogP contribution in [0.2, 0.25) is 5.02 Å². The Bertz CT molecular complexity index is 871.